The Bertz CT molecular complexity index is 467. The van der Waals surface area contributed by atoms with Crippen molar-refractivity contribution in [3.05, 3.63) is 24.3 Å². The maximum Gasteiger partial charge on any atom is 0.308 e. The number of carbonyl (C=O) groups excluding carboxylic acids is 2. The Hall–Kier alpha value is -1.92. The topological polar surface area (TPSA) is 79.5 Å². The van der Waals surface area contributed by atoms with Gasteiger partial charge in [0.15, 0.2) is 0 Å². The highest BCUT2D eigenvalue weighted by atomic mass is 16.5. The lowest BCUT2D eigenvalue weighted by Gasteiger charge is -2.23. The van der Waals surface area contributed by atoms with Crippen molar-refractivity contribution in [1.82, 2.24) is 10.6 Å². The molecule has 1 aliphatic rings. The van der Waals surface area contributed by atoms with E-state index >= 15 is 0 Å². The fraction of sp³-hybridized carbons (Fsp3) is 0.429. The average Bonchev–Trinajstić information content (AvgIpc) is 2.41. The van der Waals surface area contributed by atoms with Crippen molar-refractivity contribution >= 4 is 17.6 Å². The number of piperazine rings is 1. The summed E-state index contributed by atoms with van der Waals surface area (Å²) in [5.41, 5.74) is 0.690. The van der Waals surface area contributed by atoms with Crippen LogP contribution in [0, 0.1) is 0 Å². The monoisotopic (exact) mass is 277 g/mol. The van der Waals surface area contributed by atoms with E-state index in [4.69, 9.17) is 4.74 Å². The molecular weight excluding hydrogens is 258 g/mol. The van der Waals surface area contributed by atoms with Gasteiger partial charge in [0.1, 0.15) is 5.75 Å². The fourth-order valence-electron chi connectivity index (χ4n) is 2.07. The van der Waals surface area contributed by atoms with Gasteiger partial charge in [-0.3, -0.25) is 9.59 Å². The van der Waals surface area contributed by atoms with Gasteiger partial charge in [0.2, 0.25) is 5.91 Å². The fourth-order valence-corrected chi connectivity index (χ4v) is 2.07. The van der Waals surface area contributed by atoms with E-state index < -0.39 is 0 Å². The summed E-state index contributed by atoms with van der Waals surface area (Å²) in [6.45, 7) is 3.98. The van der Waals surface area contributed by atoms with E-state index in [2.05, 4.69) is 16.0 Å². The van der Waals surface area contributed by atoms with Gasteiger partial charge in [0.25, 0.3) is 0 Å². The van der Waals surface area contributed by atoms with Crippen molar-refractivity contribution in [2.75, 3.05) is 25.0 Å². The second-order valence-electron chi connectivity index (χ2n) is 4.73. The van der Waals surface area contributed by atoms with Gasteiger partial charge in [0.05, 0.1) is 0 Å². The molecule has 0 spiro atoms. The Morgan fingerprint density at radius 3 is 2.65 bits per heavy atom. The van der Waals surface area contributed by atoms with Crippen LogP contribution in [0.4, 0.5) is 5.69 Å². The van der Waals surface area contributed by atoms with Crippen LogP contribution in [-0.4, -0.2) is 37.6 Å². The molecular formula is C14H19N3O3. The molecule has 1 heterocycles. The Labute approximate surface area is 117 Å². The number of amides is 1. The largest absolute Gasteiger partial charge is 0.427 e. The minimum absolute atomic E-state index is 0.0357. The molecule has 20 heavy (non-hydrogen) atoms. The SMILES string of the molecule is CC(=O)Oc1ccc(NC(=O)CC2CNCCN2)cc1. The van der Waals surface area contributed by atoms with Crippen LogP contribution >= 0.6 is 0 Å². The van der Waals surface area contributed by atoms with Gasteiger partial charge < -0.3 is 20.7 Å². The molecule has 0 bridgehead atoms. The molecule has 0 aliphatic carbocycles. The quantitative estimate of drug-likeness (QED) is 0.552. The van der Waals surface area contributed by atoms with Crippen LogP contribution < -0.4 is 20.7 Å². The lowest BCUT2D eigenvalue weighted by Crippen LogP contribution is -2.49. The van der Waals surface area contributed by atoms with Gasteiger partial charge >= 0.3 is 5.97 Å². The first kappa shape index (κ1) is 14.5. The van der Waals surface area contributed by atoms with Gasteiger partial charge in [-0.1, -0.05) is 0 Å². The predicted molar refractivity (Wildman–Crippen MR) is 75.7 cm³/mol. The molecule has 1 aliphatic heterocycles. The molecule has 3 N–H and O–H groups in total. The van der Waals surface area contributed by atoms with Gasteiger partial charge in [0, 0.05) is 44.7 Å². The summed E-state index contributed by atoms with van der Waals surface area (Å²) in [4.78, 5) is 22.7. The Morgan fingerprint density at radius 2 is 2.05 bits per heavy atom. The number of ether oxygens (including phenoxy) is 1. The van der Waals surface area contributed by atoms with E-state index in [0.717, 1.165) is 19.6 Å². The predicted octanol–water partition coefficient (Wildman–Crippen LogP) is 0.502. The van der Waals surface area contributed by atoms with Crippen LogP contribution in [-0.2, 0) is 9.59 Å². The van der Waals surface area contributed by atoms with Gasteiger partial charge in [-0.15, -0.1) is 0 Å². The molecule has 1 saturated heterocycles. The van der Waals surface area contributed by atoms with Gasteiger partial charge in [-0.05, 0) is 24.3 Å². The number of hydrogen-bond donors (Lipinski definition) is 3. The zero-order chi connectivity index (χ0) is 14.4. The molecule has 1 unspecified atom stereocenters. The summed E-state index contributed by atoms with van der Waals surface area (Å²) >= 11 is 0. The average molecular weight is 277 g/mol. The first-order valence-electron chi connectivity index (χ1n) is 6.66. The summed E-state index contributed by atoms with van der Waals surface area (Å²) in [6.07, 6.45) is 0.429. The molecule has 0 saturated carbocycles. The maximum absolute atomic E-state index is 11.9. The number of benzene rings is 1. The first-order chi connectivity index (χ1) is 9.63. The van der Waals surface area contributed by atoms with E-state index in [1.54, 1.807) is 24.3 Å². The summed E-state index contributed by atoms with van der Waals surface area (Å²) in [6, 6.07) is 6.89. The molecule has 1 atom stereocenters. The summed E-state index contributed by atoms with van der Waals surface area (Å²) < 4.78 is 4.93. The van der Waals surface area contributed by atoms with E-state index in [-0.39, 0.29) is 17.9 Å². The van der Waals surface area contributed by atoms with Crippen LogP contribution in [0.5, 0.6) is 5.75 Å². The van der Waals surface area contributed by atoms with E-state index in [9.17, 15) is 9.59 Å². The van der Waals surface area contributed by atoms with Crippen molar-refractivity contribution < 1.29 is 14.3 Å². The molecule has 6 heteroatoms. The Morgan fingerprint density at radius 1 is 1.30 bits per heavy atom. The maximum atomic E-state index is 11.9. The van der Waals surface area contributed by atoms with Crippen LogP contribution in [0.2, 0.25) is 0 Å². The van der Waals surface area contributed by atoms with Crippen LogP contribution in [0.3, 0.4) is 0 Å². The van der Waals surface area contributed by atoms with E-state index in [1.165, 1.54) is 6.92 Å². The third kappa shape index (κ3) is 4.64. The second kappa shape index (κ2) is 7.02. The lowest BCUT2D eigenvalue weighted by atomic mass is 10.1. The summed E-state index contributed by atoms with van der Waals surface area (Å²) in [7, 11) is 0. The molecule has 0 aromatic heterocycles. The van der Waals surface area contributed by atoms with Crippen molar-refractivity contribution in [3.8, 4) is 5.75 Å². The zero-order valence-corrected chi connectivity index (χ0v) is 11.4. The van der Waals surface area contributed by atoms with Crippen LogP contribution in [0.1, 0.15) is 13.3 Å². The number of anilines is 1. The van der Waals surface area contributed by atoms with E-state index in [0.29, 0.717) is 17.9 Å². The van der Waals surface area contributed by atoms with Crippen LogP contribution in [0.15, 0.2) is 24.3 Å². The molecule has 6 nitrogen and oxygen atoms in total. The molecule has 108 valence electrons. The standard InChI is InChI=1S/C14H19N3O3/c1-10(18)20-13-4-2-11(3-5-13)17-14(19)8-12-9-15-6-7-16-12/h2-5,12,15-16H,6-9H2,1H3,(H,17,19). The lowest BCUT2D eigenvalue weighted by molar-refractivity contribution is -0.131. The Kier molecular flexibility index (Phi) is 5.09. The number of rotatable bonds is 4. The summed E-state index contributed by atoms with van der Waals surface area (Å²) in [5, 5.41) is 9.35. The molecule has 1 amide bonds. The molecule has 1 aromatic rings. The number of hydrogen-bond acceptors (Lipinski definition) is 5. The highest BCUT2D eigenvalue weighted by Crippen LogP contribution is 2.16. The van der Waals surface area contributed by atoms with E-state index in [1.807, 2.05) is 0 Å². The zero-order valence-electron chi connectivity index (χ0n) is 11.4. The van der Waals surface area contributed by atoms with Crippen molar-refractivity contribution in [1.29, 1.82) is 0 Å². The minimum Gasteiger partial charge on any atom is -0.427 e. The molecule has 1 aromatic carbocycles. The van der Waals surface area contributed by atoms with Gasteiger partial charge in [-0.25, -0.2) is 0 Å². The molecule has 2 rings (SSSR count). The number of carbonyl (C=O) groups is 2. The third-order valence-corrected chi connectivity index (χ3v) is 2.96. The Balaban J connectivity index is 1.82. The number of nitrogens with one attached hydrogen (secondary N) is 3. The molecule has 0 radical (unpaired) electrons. The smallest absolute Gasteiger partial charge is 0.308 e. The second-order valence-corrected chi connectivity index (χ2v) is 4.73. The highest BCUT2D eigenvalue weighted by Gasteiger charge is 2.15. The highest BCUT2D eigenvalue weighted by molar-refractivity contribution is 5.91. The summed E-state index contributed by atoms with van der Waals surface area (Å²) in [5.74, 6) is 0.0674. The first-order valence-corrected chi connectivity index (χ1v) is 6.66. The van der Waals surface area contributed by atoms with Crippen molar-refractivity contribution in [2.24, 2.45) is 0 Å². The van der Waals surface area contributed by atoms with Crippen LogP contribution in [0.25, 0.3) is 0 Å². The molecule has 1 fully saturated rings. The van der Waals surface area contributed by atoms with Crippen molar-refractivity contribution in [2.45, 2.75) is 19.4 Å². The minimum atomic E-state index is -0.363. The number of esters is 1. The van der Waals surface area contributed by atoms with Gasteiger partial charge in [-0.2, -0.15) is 0 Å². The third-order valence-electron chi connectivity index (χ3n) is 2.96. The normalized spacial score (nSPS) is 18.4. The van der Waals surface area contributed by atoms with Crippen molar-refractivity contribution in [3.63, 3.8) is 0 Å².